The van der Waals surface area contributed by atoms with Crippen LogP contribution in [-0.2, 0) is 0 Å². The quantitative estimate of drug-likeness (QED) is 0.673. The Morgan fingerprint density at radius 3 is 2.31 bits per heavy atom. The first-order valence-corrected chi connectivity index (χ1v) is 7.86. The predicted molar refractivity (Wildman–Crippen MR) is 77.4 cm³/mol. The molecule has 0 bridgehead atoms. The van der Waals surface area contributed by atoms with Gasteiger partial charge in [-0.3, -0.25) is 4.90 Å². The van der Waals surface area contributed by atoms with Crippen LogP contribution in [0.3, 0.4) is 0 Å². The molecule has 0 aromatic rings. The molecule has 0 aliphatic heterocycles. The summed E-state index contributed by atoms with van der Waals surface area (Å²) in [7, 11) is 2.27. The number of thioether (sulfide) groups is 1. The summed E-state index contributed by atoms with van der Waals surface area (Å²) in [6.45, 7) is 10.2. The number of hydrogen-bond acceptors (Lipinski definition) is 3. The van der Waals surface area contributed by atoms with E-state index in [0.29, 0.717) is 12.1 Å². The van der Waals surface area contributed by atoms with E-state index in [0.717, 1.165) is 12.6 Å². The van der Waals surface area contributed by atoms with Gasteiger partial charge in [0.05, 0.1) is 0 Å². The molecule has 0 aliphatic rings. The Morgan fingerprint density at radius 1 is 1.25 bits per heavy atom. The zero-order valence-corrected chi connectivity index (χ0v) is 12.7. The number of nitrogens with one attached hydrogen (secondary N) is 1. The fraction of sp³-hybridized carbons (Fsp3) is 1.00. The van der Waals surface area contributed by atoms with Crippen LogP contribution in [0.5, 0.6) is 0 Å². The molecule has 0 saturated heterocycles. The van der Waals surface area contributed by atoms with Crippen LogP contribution in [0.25, 0.3) is 0 Å². The Labute approximate surface area is 107 Å². The van der Waals surface area contributed by atoms with Crippen molar-refractivity contribution in [2.24, 2.45) is 0 Å². The molecule has 0 rings (SSSR count). The molecular formula is C13H30N2S. The third-order valence-electron chi connectivity index (χ3n) is 3.22. The van der Waals surface area contributed by atoms with Crippen molar-refractivity contribution in [3.63, 3.8) is 0 Å². The highest BCUT2D eigenvalue weighted by molar-refractivity contribution is 7.98. The van der Waals surface area contributed by atoms with Crippen molar-refractivity contribution >= 4 is 11.8 Å². The summed E-state index contributed by atoms with van der Waals surface area (Å²) in [6.07, 6.45) is 4.68. The summed E-state index contributed by atoms with van der Waals surface area (Å²) in [4.78, 5) is 2.54. The van der Waals surface area contributed by atoms with Crippen molar-refractivity contribution in [1.82, 2.24) is 10.2 Å². The topological polar surface area (TPSA) is 15.3 Å². The van der Waals surface area contributed by atoms with Crippen LogP contribution in [0, 0.1) is 0 Å². The van der Waals surface area contributed by atoms with Crippen molar-refractivity contribution in [1.29, 1.82) is 0 Å². The summed E-state index contributed by atoms with van der Waals surface area (Å²) >= 11 is 1.95. The third kappa shape index (κ3) is 6.77. The molecule has 0 aliphatic carbocycles. The Bertz CT molecular complexity index is 162. The van der Waals surface area contributed by atoms with Crippen LogP contribution in [-0.4, -0.2) is 48.6 Å². The monoisotopic (exact) mass is 246 g/mol. The minimum atomic E-state index is 0.602. The zero-order valence-electron chi connectivity index (χ0n) is 11.9. The second-order valence-corrected chi connectivity index (χ2v) is 5.84. The third-order valence-corrected chi connectivity index (χ3v) is 3.93. The number of rotatable bonds is 9. The molecule has 0 aromatic carbocycles. The highest BCUT2D eigenvalue weighted by Crippen LogP contribution is 2.13. The summed E-state index contributed by atoms with van der Waals surface area (Å²) in [5.74, 6) is 1.24. The molecule has 0 radical (unpaired) electrons. The molecule has 0 amide bonds. The summed E-state index contributed by atoms with van der Waals surface area (Å²) < 4.78 is 0. The molecule has 0 aromatic heterocycles. The molecule has 16 heavy (non-hydrogen) atoms. The Balaban J connectivity index is 3.90. The molecule has 0 saturated carbocycles. The maximum absolute atomic E-state index is 3.49. The van der Waals surface area contributed by atoms with E-state index in [1.54, 1.807) is 0 Å². The average molecular weight is 246 g/mol. The van der Waals surface area contributed by atoms with E-state index < -0.39 is 0 Å². The minimum Gasteiger partial charge on any atom is -0.314 e. The van der Waals surface area contributed by atoms with Crippen LogP contribution < -0.4 is 5.32 Å². The molecule has 2 atom stereocenters. The van der Waals surface area contributed by atoms with Gasteiger partial charge in [0.25, 0.3) is 0 Å². The van der Waals surface area contributed by atoms with Gasteiger partial charge in [-0.15, -0.1) is 0 Å². The van der Waals surface area contributed by atoms with Crippen LogP contribution >= 0.6 is 11.8 Å². The van der Waals surface area contributed by atoms with Crippen molar-refractivity contribution in [3.8, 4) is 0 Å². The first-order valence-electron chi connectivity index (χ1n) is 6.47. The summed E-state index contributed by atoms with van der Waals surface area (Å²) in [5, 5.41) is 3.49. The van der Waals surface area contributed by atoms with Crippen molar-refractivity contribution in [3.05, 3.63) is 0 Å². The Morgan fingerprint density at radius 2 is 1.88 bits per heavy atom. The van der Waals surface area contributed by atoms with E-state index in [4.69, 9.17) is 0 Å². The van der Waals surface area contributed by atoms with Gasteiger partial charge in [0.15, 0.2) is 0 Å². The Kier molecular flexibility index (Phi) is 9.47. The molecule has 1 N–H and O–H groups in total. The van der Waals surface area contributed by atoms with Gasteiger partial charge < -0.3 is 5.32 Å². The lowest BCUT2D eigenvalue weighted by molar-refractivity contribution is 0.185. The van der Waals surface area contributed by atoms with Gasteiger partial charge in [0.1, 0.15) is 0 Å². The molecule has 2 nitrogen and oxygen atoms in total. The highest BCUT2D eigenvalue weighted by Gasteiger charge is 2.17. The van der Waals surface area contributed by atoms with Gasteiger partial charge in [-0.25, -0.2) is 0 Å². The zero-order chi connectivity index (χ0) is 12.6. The van der Waals surface area contributed by atoms with Crippen LogP contribution in [0.1, 0.15) is 40.5 Å². The fourth-order valence-corrected chi connectivity index (χ4v) is 2.72. The molecular weight excluding hydrogens is 216 g/mol. The van der Waals surface area contributed by atoms with E-state index in [1.807, 2.05) is 11.8 Å². The minimum absolute atomic E-state index is 0.602. The molecule has 98 valence electrons. The van der Waals surface area contributed by atoms with Crippen LogP contribution in [0.2, 0.25) is 0 Å². The first-order chi connectivity index (χ1) is 7.52. The van der Waals surface area contributed by atoms with Crippen LogP contribution in [0.15, 0.2) is 0 Å². The van der Waals surface area contributed by atoms with Gasteiger partial charge in [0, 0.05) is 23.9 Å². The molecule has 0 spiro atoms. The van der Waals surface area contributed by atoms with E-state index in [1.165, 1.54) is 18.6 Å². The lowest BCUT2D eigenvalue weighted by Gasteiger charge is -2.32. The van der Waals surface area contributed by atoms with Gasteiger partial charge in [-0.05, 0) is 39.6 Å². The molecule has 0 fully saturated rings. The second-order valence-electron chi connectivity index (χ2n) is 4.93. The van der Waals surface area contributed by atoms with E-state index in [9.17, 15) is 0 Å². The largest absolute Gasteiger partial charge is 0.314 e. The van der Waals surface area contributed by atoms with E-state index >= 15 is 0 Å². The smallest absolute Gasteiger partial charge is 0.0183 e. The maximum Gasteiger partial charge on any atom is 0.0183 e. The second kappa shape index (κ2) is 9.32. The molecule has 0 heterocycles. The number of hydrogen-bond donors (Lipinski definition) is 1. The fourth-order valence-electron chi connectivity index (χ4n) is 1.86. The van der Waals surface area contributed by atoms with E-state index in [-0.39, 0.29) is 0 Å². The van der Waals surface area contributed by atoms with Gasteiger partial charge in [0.2, 0.25) is 0 Å². The lowest BCUT2D eigenvalue weighted by atomic mass is 10.1. The Hall–Kier alpha value is 0.270. The molecule has 3 heteroatoms. The van der Waals surface area contributed by atoms with Gasteiger partial charge in [-0.2, -0.15) is 11.8 Å². The number of nitrogens with zero attached hydrogens (tertiary/aromatic N) is 1. The molecule has 2 unspecified atom stereocenters. The van der Waals surface area contributed by atoms with Gasteiger partial charge in [-0.1, -0.05) is 20.8 Å². The maximum atomic E-state index is 3.49. The SMILES string of the molecule is CCC(CSC)N(C)C(C)CCNC(C)C. The average Bonchev–Trinajstić information content (AvgIpc) is 2.24. The predicted octanol–water partition coefficient (Wildman–Crippen LogP) is 2.84. The van der Waals surface area contributed by atoms with E-state index in [2.05, 4.69) is 51.2 Å². The van der Waals surface area contributed by atoms with Gasteiger partial charge >= 0.3 is 0 Å². The summed E-state index contributed by atoms with van der Waals surface area (Å²) in [5.41, 5.74) is 0. The lowest BCUT2D eigenvalue weighted by Crippen LogP contribution is -2.41. The first kappa shape index (κ1) is 16.3. The normalized spacial score (nSPS) is 15.8. The van der Waals surface area contributed by atoms with Crippen molar-refractivity contribution in [2.45, 2.75) is 58.7 Å². The van der Waals surface area contributed by atoms with Crippen molar-refractivity contribution < 1.29 is 0 Å². The standard InChI is InChI=1S/C13H30N2S/c1-7-13(10-16-6)15(5)12(4)8-9-14-11(2)3/h11-14H,7-10H2,1-6H3. The van der Waals surface area contributed by atoms with Crippen molar-refractivity contribution in [2.75, 3.05) is 25.6 Å². The summed E-state index contributed by atoms with van der Waals surface area (Å²) in [6, 6.07) is 2.00. The highest BCUT2D eigenvalue weighted by atomic mass is 32.2. The van der Waals surface area contributed by atoms with Crippen LogP contribution in [0.4, 0.5) is 0 Å².